The molecule has 2 aromatic carbocycles. The molecule has 1 fully saturated rings. The number of carbonyl (C=O) groups is 1. The Kier molecular flexibility index (Phi) is 4.83. The summed E-state index contributed by atoms with van der Waals surface area (Å²) in [6, 6.07) is 13.2. The number of hydrogen-bond acceptors (Lipinski definition) is 5. The minimum atomic E-state index is -0.919. The number of nitrogens with zero attached hydrogens (tertiary/aromatic N) is 1. The molecule has 25 heavy (non-hydrogen) atoms. The highest BCUT2D eigenvalue weighted by Crippen LogP contribution is 2.35. The molecule has 1 atom stereocenters. The average molecular weight is 342 g/mol. The third-order valence-electron chi connectivity index (χ3n) is 3.87. The van der Waals surface area contributed by atoms with Gasteiger partial charge in [-0.1, -0.05) is 30.3 Å². The zero-order valence-electron chi connectivity index (χ0n) is 13.7. The molecule has 1 aliphatic carbocycles. The van der Waals surface area contributed by atoms with E-state index < -0.39 is 11.0 Å². The number of nitro groups is 1. The normalized spacial score (nSPS) is 14.4. The monoisotopic (exact) mass is 342 g/mol. The number of non-ortho nitro benzene ring substituents is 1. The van der Waals surface area contributed by atoms with Crippen LogP contribution in [-0.4, -0.2) is 24.0 Å². The fourth-order valence-electron chi connectivity index (χ4n) is 2.40. The standard InChI is InChI=1S/C18H18N2O5/c1-24-15-10-9-14(20(22)23)11-16(15)25-17(12-5-3-2-4-6-12)18(21)19-13-7-8-13/h2-6,9-11,13,17H,7-8H2,1H3,(H,19,21). The molecule has 0 heterocycles. The first-order chi connectivity index (χ1) is 12.1. The van der Waals surface area contributed by atoms with Crippen LogP contribution in [0.3, 0.4) is 0 Å². The van der Waals surface area contributed by atoms with E-state index in [-0.39, 0.29) is 23.4 Å². The molecule has 1 aliphatic rings. The lowest BCUT2D eigenvalue weighted by molar-refractivity contribution is -0.385. The highest BCUT2D eigenvalue weighted by molar-refractivity contribution is 5.83. The lowest BCUT2D eigenvalue weighted by atomic mass is 10.1. The van der Waals surface area contributed by atoms with Crippen LogP contribution >= 0.6 is 0 Å². The largest absolute Gasteiger partial charge is 0.493 e. The van der Waals surface area contributed by atoms with Gasteiger partial charge < -0.3 is 14.8 Å². The third-order valence-corrected chi connectivity index (χ3v) is 3.87. The van der Waals surface area contributed by atoms with Crippen molar-refractivity contribution in [3.63, 3.8) is 0 Å². The van der Waals surface area contributed by atoms with Gasteiger partial charge in [-0.15, -0.1) is 0 Å². The molecule has 7 nitrogen and oxygen atoms in total. The van der Waals surface area contributed by atoms with Crippen molar-refractivity contribution in [1.29, 1.82) is 0 Å². The van der Waals surface area contributed by atoms with E-state index in [2.05, 4.69) is 5.32 Å². The van der Waals surface area contributed by atoms with Gasteiger partial charge in [0.25, 0.3) is 11.6 Å². The summed E-state index contributed by atoms with van der Waals surface area (Å²) in [6.07, 6.45) is 0.985. The van der Waals surface area contributed by atoms with E-state index >= 15 is 0 Å². The van der Waals surface area contributed by atoms with Crippen LogP contribution < -0.4 is 14.8 Å². The Morgan fingerprint density at radius 1 is 1.20 bits per heavy atom. The smallest absolute Gasteiger partial charge is 0.273 e. The Bertz CT molecular complexity index is 774. The van der Waals surface area contributed by atoms with E-state index in [1.807, 2.05) is 6.07 Å². The van der Waals surface area contributed by atoms with Gasteiger partial charge >= 0.3 is 0 Å². The summed E-state index contributed by atoms with van der Waals surface area (Å²) in [5, 5.41) is 13.9. The van der Waals surface area contributed by atoms with Crippen LogP contribution in [0.4, 0.5) is 5.69 Å². The first-order valence-electron chi connectivity index (χ1n) is 7.93. The lowest BCUT2D eigenvalue weighted by Crippen LogP contribution is -2.33. The number of nitrogens with one attached hydrogen (secondary N) is 1. The first kappa shape index (κ1) is 16.8. The Labute approximate surface area is 144 Å². The number of nitro benzene ring substituents is 1. The number of amides is 1. The predicted octanol–water partition coefficient (Wildman–Crippen LogP) is 3.00. The SMILES string of the molecule is COc1ccc([N+](=O)[O-])cc1OC(C(=O)NC1CC1)c1ccccc1. The molecule has 0 aliphatic heterocycles. The molecule has 1 saturated carbocycles. The van der Waals surface area contributed by atoms with Crippen molar-refractivity contribution >= 4 is 11.6 Å². The van der Waals surface area contributed by atoms with Gasteiger partial charge in [0.15, 0.2) is 11.5 Å². The van der Waals surface area contributed by atoms with Crippen molar-refractivity contribution < 1.29 is 19.2 Å². The zero-order chi connectivity index (χ0) is 17.8. The molecule has 130 valence electrons. The molecule has 0 bridgehead atoms. The Morgan fingerprint density at radius 3 is 2.52 bits per heavy atom. The molecular weight excluding hydrogens is 324 g/mol. The summed E-state index contributed by atoms with van der Waals surface area (Å²) >= 11 is 0. The average Bonchev–Trinajstić information content (AvgIpc) is 3.44. The molecule has 7 heteroatoms. The molecule has 1 amide bonds. The highest BCUT2D eigenvalue weighted by atomic mass is 16.6. The number of benzene rings is 2. The van der Waals surface area contributed by atoms with Crippen LogP contribution in [0.2, 0.25) is 0 Å². The summed E-state index contributed by atoms with van der Waals surface area (Å²) in [7, 11) is 1.44. The second-order valence-electron chi connectivity index (χ2n) is 5.78. The molecule has 0 saturated heterocycles. The van der Waals surface area contributed by atoms with Gasteiger partial charge in [0.2, 0.25) is 6.10 Å². The lowest BCUT2D eigenvalue weighted by Gasteiger charge is -2.20. The Morgan fingerprint density at radius 2 is 1.92 bits per heavy atom. The molecule has 1 N–H and O–H groups in total. The van der Waals surface area contributed by atoms with Gasteiger partial charge in [0.1, 0.15) is 0 Å². The van der Waals surface area contributed by atoms with Gasteiger partial charge in [0, 0.05) is 17.7 Å². The summed E-state index contributed by atoms with van der Waals surface area (Å²) in [5.41, 5.74) is 0.527. The van der Waals surface area contributed by atoms with Crippen molar-refractivity contribution in [2.75, 3.05) is 7.11 Å². The quantitative estimate of drug-likeness (QED) is 0.617. The second-order valence-corrected chi connectivity index (χ2v) is 5.78. The van der Waals surface area contributed by atoms with Crippen molar-refractivity contribution in [3.05, 3.63) is 64.2 Å². The summed E-state index contributed by atoms with van der Waals surface area (Å²) < 4.78 is 11.1. The van der Waals surface area contributed by atoms with E-state index in [1.54, 1.807) is 24.3 Å². The van der Waals surface area contributed by atoms with Crippen molar-refractivity contribution in [1.82, 2.24) is 5.32 Å². The third kappa shape index (κ3) is 4.06. The van der Waals surface area contributed by atoms with E-state index in [0.29, 0.717) is 11.3 Å². The molecule has 1 unspecified atom stereocenters. The maximum absolute atomic E-state index is 12.6. The zero-order valence-corrected chi connectivity index (χ0v) is 13.7. The maximum Gasteiger partial charge on any atom is 0.273 e. The van der Waals surface area contributed by atoms with Crippen LogP contribution in [0, 0.1) is 10.1 Å². The fraction of sp³-hybridized carbons (Fsp3) is 0.278. The highest BCUT2D eigenvalue weighted by Gasteiger charge is 2.30. The van der Waals surface area contributed by atoms with Crippen LogP contribution in [-0.2, 0) is 4.79 Å². The van der Waals surface area contributed by atoms with Gasteiger partial charge in [-0.05, 0) is 18.9 Å². The van der Waals surface area contributed by atoms with E-state index in [1.165, 1.54) is 25.3 Å². The molecule has 3 rings (SSSR count). The first-order valence-corrected chi connectivity index (χ1v) is 7.93. The van der Waals surface area contributed by atoms with Crippen molar-refractivity contribution in [2.24, 2.45) is 0 Å². The van der Waals surface area contributed by atoms with Crippen LogP contribution in [0.15, 0.2) is 48.5 Å². The number of methoxy groups -OCH3 is 1. The van der Waals surface area contributed by atoms with Gasteiger partial charge in [0.05, 0.1) is 18.1 Å². The van der Waals surface area contributed by atoms with E-state index in [0.717, 1.165) is 12.8 Å². The van der Waals surface area contributed by atoms with Crippen LogP contribution in [0.1, 0.15) is 24.5 Å². The number of ether oxygens (including phenoxy) is 2. The fourth-order valence-corrected chi connectivity index (χ4v) is 2.40. The van der Waals surface area contributed by atoms with Gasteiger partial charge in [-0.3, -0.25) is 14.9 Å². The Hall–Kier alpha value is -3.09. The van der Waals surface area contributed by atoms with Crippen molar-refractivity contribution in [3.8, 4) is 11.5 Å². The Balaban J connectivity index is 1.92. The minimum absolute atomic E-state index is 0.134. The van der Waals surface area contributed by atoms with E-state index in [4.69, 9.17) is 9.47 Å². The second kappa shape index (κ2) is 7.21. The van der Waals surface area contributed by atoms with Crippen LogP contribution in [0.5, 0.6) is 11.5 Å². The molecule has 0 radical (unpaired) electrons. The summed E-state index contributed by atoms with van der Waals surface area (Å²) in [6.45, 7) is 0. The van der Waals surface area contributed by atoms with E-state index in [9.17, 15) is 14.9 Å². The predicted molar refractivity (Wildman–Crippen MR) is 90.6 cm³/mol. The van der Waals surface area contributed by atoms with Crippen molar-refractivity contribution in [2.45, 2.75) is 25.0 Å². The molecule has 2 aromatic rings. The summed E-state index contributed by atoms with van der Waals surface area (Å²) in [5.74, 6) is 0.199. The minimum Gasteiger partial charge on any atom is -0.493 e. The van der Waals surface area contributed by atoms with Gasteiger partial charge in [-0.25, -0.2) is 0 Å². The van der Waals surface area contributed by atoms with Crippen LogP contribution in [0.25, 0.3) is 0 Å². The van der Waals surface area contributed by atoms with Gasteiger partial charge in [-0.2, -0.15) is 0 Å². The summed E-state index contributed by atoms with van der Waals surface area (Å²) in [4.78, 5) is 23.1. The number of hydrogen-bond donors (Lipinski definition) is 1. The topological polar surface area (TPSA) is 90.7 Å². The number of rotatable bonds is 7. The maximum atomic E-state index is 12.6. The molecule has 0 spiro atoms. The molecular formula is C18H18N2O5. The molecule has 0 aromatic heterocycles. The number of carbonyl (C=O) groups excluding carboxylic acids is 1.